The van der Waals surface area contributed by atoms with Crippen LogP contribution in [-0.2, 0) is 28.1 Å². The predicted molar refractivity (Wildman–Crippen MR) is 154 cm³/mol. The molecule has 0 N–H and O–H groups in total. The van der Waals surface area contributed by atoms with Crippen LogP contribution in [0.25, 0.3) is 0 Å². The van der Waals surface area contributed by atoms with E-state index in [1.807, 2.05) is 0 Å². The van der Waals surface area contributed by atoms with E-state index in [-0.39, 0.29) is 68.5 Å². The molecular formula is C32H55Cl3SiTi. The summed E-state index contributed by atoms with van der Waals surface area (Å²) in [7, 11) is -0.286. The van der Waals surface area contributed by atoms with Crippen molar-refractivity contribution >= 4 is 14.7 Å². The molecule has 0 aromatic heterocycles. The van der Waals surface area contributed by atoms with Crippen molar-refractivity contribution < 1.29 is 58.9 Å². The van der Waals surface area contributed by atoms with E-state index in [0.29, 0.717) is 5.04 Å². The number of hydrogen-bond donors (Lipinski definition) is 0. The molecule has 212 valence electrons. The summed E-state index contributed by atoms with van der Waals surface area (Å²) in [6.45, 7) is 9.54. The van der Waals surface area contributed by atoms with Gasteiger partial charge in [0.2, 0.25) is 0 Å². The topological polar surface area (TPSA) is 0 Å². The molecule has 0 nitrogen and oxygen atoms in total. The molecule has 0 saturated carbocycles. The van der Waals surface area contributed by atoms with Gasteiger partial charge >= 0.3 is 21.7 Å². The van der Waals surface area contributed by atoms with Crippen LogP contribution in [0.3, 0.4) is 0 Å². The zero-order chi connectivity index (χ0) is 23.8. The van der Waals surface area contributed by atoms with Crippen molar-refractivity contribution in [2.24, 2.45) is 0 Å². The van der Waals surface area contributed by atoms with E-state index in [0.717, 1.165) is 0 Å². The average Bonchev–Trinajstić information content (AvgIpc) is 3.06. The SMILES string of the molecule is CCCCCCCCCCCCCCCCCCc1cc(C)[c-]([SiH2]C2(C)C=CC=CC2)c1C.[Cl-].[Cl-].[Cl-].[Ti+4]. The molecule has 0 aliphatic heterocycles. The summed E-state index contributed by atoms with van der Waals surface area (Å²) in [6, 6.07) is 2.52. The summed E-state index contributed by atoms with van der Waals surface area (Å²) in [6.07, 6.45) is 35.0. The van der Waals surface area contributed by atoms with Gasteiger partial charge in [-0.25, -0.2) is 6.07 Å². The Kier molecular flexibility index (Phi) is 29.1. The van der Waals surface area contributed by atoms with Crippen molar-refractivity contribution in [3.8, 4) is 0 Å². The zero-order valence-corrected chi connectivity index (χ0v) is 29.7. The fraction of sp³-hybridized carbons (Fsp3) is 0.719. The minimum absolute atomic E-state index is 0. The Bertz CT molecular complexity index is 713. The van der Waals surface area contributed by atoms with Crippen LogP contribution in [0, 0.1) is 13.8 Å². The van der Waals surface area contributed by atoms with Gasteiger partial charge in [0.05, 0.1) is 0 Å². The Labute approximate surface area is 267 Å². The van der Waals surface area contributed by atoms with Gasteiger partial charge in [-0.05, 0) is 11.5 Å². The van der Waals surface area contributed by atoms with Crippen molar-refractivity contribution in [1.82, 2.24) is 0 Å². The molecule has 0 radical (unpaired) electrons. The predicted octanol–water partition coefficient (Wildman–Crippen LogP) is 0.325. The monoisotopic (exact) mass is 620 g/mol. The van der Waals surface area contributed by atoms with Crippen LogP contribution in [-0.4, -0.2) is 9.52 Å². The Morgan fingerprint density at radius 2 is 1.19 bits per heavy atom. The fourth-order valence-electron chi connectivity index (χ4n) is 5.65. The van der Waals surface area contributed by atoms with E-state index >= 15 is 0 Å². The number of aryl methyl sites for hydroxylation is 2. The molecule has 0 heterocycles. The van der Waals surface area contributed by atoms with E-state index < -0.39 is 0 Å². The van der Waals surface area contributed by atoms with Gasteiger partial charge in [0.25, 0.3) is 0 Å². The maximum Gasteiger partial charge on any atom is 4.00 e. The van der Waals surface area contributed by atoms with Gasteiger partial charge in [-0.2, -0.15) is 21.9 Å². The molecule has 0 amide bonds. The third-order valence-corrected chi connectivity index (χ3v) is 10.8. The standard InChI is InChI=1S/C32H55Si.3ClH.Ti/c1-5-6-7-8-9-10-11-12-13-14-15-16-17-18-19-21-24-30-27-28(2)31(29(30)3)33-32(4)25-22-20-23-26-32;;;;/h20,22-23,25,27H,5-19,21,24,26,33H2,1-4H3;3*1H;/q-1;;;;+4/p-3. The Hall–Kier alpha value is 0.631. The number of halogens is 3. The second-order valence-electron chi connectivity index (χ2n) is 11.3. The summed E-state index contributed by atoms with van der Waals surface area (Å²) < 4.78 is 0. The van der Waals surface area contributed by atoms with Gasteiger partial charge < -0.3 is 37.2 Å². The molecule has 1 aromatic carbocycles. The van der Waals surface area contributed by atoms with Gasteiger partial charge in [-0.1, -0.05) is 161 Å². The molecule has 1 atom stereocenters. The third kappa shape index (κ3) is 17.8. The van der Waals surface area contributed by atoms with Crippen LogP contribution in [0.4, 0.5) is 0 Å². The zero-order valence-electron chi connectivity index (χ0n) is 24.5. The smallest absolute Gasteiger partial charge is 1.00 e. The number of rotatable bonds is 19. The van der Waals surface area contributed by atoms with Gasteiger partial charge in [-0.15, -0.1) is 0 Å². The van der Waals surface area contributed by atoms with Crippen molar-refractivity contribution in [1.29, 1.82) is 0 Å². The quantitative estimate of drug-likeness (QED) is 0.119. The van der Waals surface area contributed by atoms with Crippen LogP contribution < -0.4 is 42.4 Å². The first kappa shape index (κ1) is 42.1. The first-order valence-electron chi connectivity index (χ1n) is 14.6. The normalized spacial score (nSPS) is 16.2. The Balaban J connectivity index is -0.00000289. The van der Waals surface area contributed by atoms with E-state index in [9.17, 15) is 0 Å². The first-order valence-corrected chi connectivity index (χ1v) is 16.1. The maximum absolute atomic E-state index is 2.52. The molecule has 37 heavy (non-hydrogen) atoms. The van der Waals surface area contributed by atoms with Crippen molar-refractivity contribution in [2.75, 3.05) is 0 Å². The van der Waals surface area contributed by atoms with Crippen molar-refractivity contribution in [2.45, 2.75) is 148 Å². The Morgan fingerprint density at radius 1 is 0.730 bits per heavy atom. The summed E-state index contributed by atoms with van der Waals surface area (Å²) in [5.41, 5.74) is 4.87. The molecule has 1 unspecified atom stereocenters. The maximum atomic E-state index is 2.52. The van der Waals surface area contributed by atoms with Crippen molar-refractivity contribution in [3.63, 3.8) is 0 Å². The second-order valence-corrected chi connectivity index (χ2v) is 14.0. The molecular weight excluding hydrogens is 567 g/mol. The molecule has 1 aromatic rings. The van der Waals surface area contributed by atoms with Gasteiger partial charge in [0.15, 0.2) is 0 Å². The summed E-state index contributed by atoms with van der Waals surface area (Å²) >= 11 is 0. The van der Waals surface area contributed by atoms with E-state index in [4.69, 9.17) is 0 Å². The molecule has 2 rings (SSSR count). The molecule has 0 saturated heterocycles. The second kappa shape index (κ2) is 25.6. The van der Waals surface area contributed by atoms with Gasteiger partial charge in [-0.3, -0.25) is 0 Å². The van der Waals surface area contributed by atoms with E-state index in [2.05, 4.69) is 58.1 Å². The van der Waals surface area contributed by atoms with Crippen LogP contribution in [0.1, 0.15) is 140 Å². The molecule has 0 spiro atoms. The molecule has 1 aliphatic rings. The number of allylic oxidation sites excluding steroid dienone is 4. The van der Waals surface area contributed by atoms with E-state index in [1.54, 1.807) is 21.9 Å². The first-order chi connectivity index (χ1) is 16.1. The van der Waals surface area contributed by atoms with Crippen LogP contribution in [0.2, 0.25) is 5.04 Å². The van der Waals surface area contributed by atoms with Crippen LogP contribution >= 0.6 is 0 Å². The molecule has 0 bridgehead atoms. The average molecular weight is 622 g/mol. The van der Waals surface area contributed by atoms with E-state index in [1.165, 1.54) is 116 Å². The minimum atomic E-state index is -0.286. The molecule has 5 heteroatoms. The number of hydrogen-bond acceptors (Lipinski definition) is 0. The summed E-state index contributed by atoms with van der Waals surface area (Å²) in [5.74, 6) is 0. The van der Waals surface area contributed by atoms with Crippen LogP contribution in [0.15, 0.2) is 30.4 Å². The van der Waals surface area contributed by atoms with Crippen molar-refractivity contribution in [3.05, 3.63) is 47.1 Å². The van der Waals surface area contributed by atoms with Crippen LogP contribution in [0.5, 0.6) is 0 Å². The van der Waals surface area contributed by atoms with Gasteiger partial charge in [0.1, 0.15) is 0 Å². The fourth-order valence-corrected chi connectivity index (χ4v) is 7.89. The third-order valence-electron chi connectivity index (χ3n) is 8.01. The number of unbranched alkanes of at least 4 members (excludes halogenated alkanes) is 15. The largest absolute Gasteiger partial charge is 4.00 e. The molecule has 1 aliphatic carbocycles. The molecule has 0 fully saturated rings. The summed E-state index contributed by atoms with van der Waals surface area (Å²) in [4.78, 5) is 0. The minimum Gasteiger partial charge on any atom is -1.00 e. The summed E-state index contributed by atoms with van der Waals surface area (Å²) in [5, 5.41) is 2.19. The Morgan fingerprint density at radius 3 is 1.62 bits per heavy atom. The van der Waals surface area contributed by atoms with Gasteiger partial charge in [0, 0.05) is 9.52 Å².